The standard InChI is InChI=1S/C20H25F3N4OS2.ClH/c21-20(22,23)13-17-19(28)27(14-29-17)8-4-3-7-25-9-11-26(12-10-25)18-15-5-1-2-6-16(15)30-24-18;/h1-2,5-6,17H,3-4,7-14H2;1H. The van der Waals surface area contributed by atoms with Crippen LogP contribution in [0, 0.1) is 0 Å². The van der Waals surface area contributed by atoms with Gasteiger partial charge in [0.05, 0.1) is 22.2 Å². The maximum absolute atomic E-state index is 12.5. The molecule has 0 N–H and O–H groups in total. The molecule has 0 spiro atoms. The highest BCUT2D eigenvalue weighted by atomic mass is 35.5. The van der Waals surface area contributed by atoms with E-state index in [2.05, 4.69) is 26.3 Å². The second-order valence-electron chi connectivity index (χ2n) is 7.74. The molecule has 0 radical (unpaired) electrons. The average molecular weight is 495 g/mol. The molecular formula is C20H26ClF3N4OS2. The van der Waals surface area contributed by atoms with E-state index in [4.69, 9.17) is 0 Å². The molecule has 11 heteroatoms. The number of carbonyl (C=O) groups excluding carboxylic acids is 1. The molecule has 1 atom stereocenters. The number of thioether (sulfide) groups is 1. The van der Waals surface area contributed by atoms with Gasteiger partial charge in [-0.2, -0.15) is 17.5 Å². The number of rotatable bonds is 7. The lowest BCUT2D eigenvalue weighted by Gasteiger charge is -2.35. The van der Waals surface area contributed by atoms with Gasteiger partial charge >= 0.3 is 6.18 Å². The Hall–Kier alpha value is -1.23. The molecule has 2 fully saturated rings. The van der Waals surface area contributed by atoms with Gasteiger partial charge in [-0.25, -0.2) is 0 Å². The lowest BCUT2D eigenvalue weighted by Crippen LogP contribution is -2.46. The zero-order valence-corrected chi connectivity index (χ0v) is 19.5. The normalized spacial score (nSPS) is 20.5. The first kappa shape index (κ1) is 24.4. The van der Waals surface area contributed by atoms with Gasteiger partial charge in [0, 0.05) is 38.1 Å². The Kier molecular flexibility index (Phi) is 8.34. The first-order valence-electron chi connectivity index (χ1n) is 10.2. The van der Waals surface area contributed by atoms with Crippen LogP contribution in [0.5, 0.6) is 0 Å². The third-order valence-corrected chi connectivity index (χ3v) is 7.67. The smallest absolute Gasteiger partial charge is 0.353 e. The second kappa shape index (κ2) is 10.6. The number of hydrogen-bond acceptors (Lipinski definition) is 6. The molecule has 1 amide bonds. The predicted molar refractivity (Wildman–Crippen MR) is 123 cm³/mol. The second-order valence-corrected chi connectivity index (χ2v) is 9.71. The van der Waals surface area contributed by atoms with Crippen LogP contribution >= 0.6 is 35.7 Å². The zero-order chi connectivity index (χ0) is 21.1. The van der Waals surface area contributed by atoms with Crippen LogP contribution in [0.3, 0.4) is 0 Å². The summed E-state index contributed by atoms with van der Waals surface area (Å²) in [6.45, 7) is 5.32. The lowest BCUT2D eigenvalue weighted by atomic mass is 10.2. The van der Waals surface area contributed by atoms with Crippen molar-refractivity contribution in [3.8, 4) is 0 Å². The fourth-order valence-corrected chi connectivity index (χ4v) is 5.98. The van der Waals surface area contributed by atoms with E-state index in [0.717, 1.165) is 63.1 Å². The number of benzene rings is 1. The summed E-state index contributed by atoms with van der Waals surface area (Å²) in [6, 6.07) is 8.30. The van der Waals surface area contributed by atoms with Crippen LogP contribution in [-0.4, -0.2) is 76.7 Å². The summed E-state index contributed by atoms with van der Waals surface area (Å²) in [4.78, 5) is 18.4. The fraction of sp³-hybridized carbons (Fsp3) is 0.600. The predicted octanol–water partition coefficient (Wildman–Crippen LogP) is 4.47. The minimum absolute atomic E-state index is 0. The minimum Gasteiger partial charge on any atom is -0.353 e. The highest BCUT2D eigenvalue weighted by molar-refractivity contribution is 8.01. The van der Waals surface area contributed by atoms with Crippen LogP contribution in [0.15, 0.2) is 24.3 Å². The van der Waals surface area contributed by atoms with Crippen molar-refractivity contribution in [1.82, 2.24) is 14.2 Å². The molecule has 3 heterocycles. The molecule has 2 aliphatic rings. The van der Waals surface area contributed by atoms with Gasteiger partial charge in [0.2, 0.25) is 5.91 Å². The number of unbranched alkanes of at least 4 members (excludes halogenated alkanes) is 1. The van der Waals surface area contributed by atoms with E-state index < -0.39 is 17.8 Å². The van der Waals surface area contributed by atoms with Gasteiger partial charge in [0.25, 0.3) is 0 Å². The Bertz CT molecular complexity index is 873. The molecule has 5 nitrogen and oxygen atoms in total. The Labute approximate surface area is 194 Å². The molecule has 1 aromatic heterocycles. The van der Waals surface area contributed by atoms with Crippen molar-refractivity contribution in [3.63, 3.8) is 0 Å². The van der Waals surface area contributed by atoms with Crippen molar-refractivity contribution in [1.29, 1.82) is 0 Å². The Balaban J connectivity index is 0.00000272. The SMILES string of the molecule is Cl.O=C1C(CC(F)(F)F)SCN1CCCCN1CCN(c2nsc3ccccc23)CC1. The zero-order valence-electron chi connectivity index (χ0n) is 17.0. The van der Waals surface area contributed by atoms with Crippen molar-refractivity contribution < 1.29 is 18.0 Å². The third kappa shape index (κ3) is 6.18. The Morgan fingerprint density at radius 2 is 1.77 bits per heavy atom. The minimum atomic E-state index is -4.28. The van der Waals surface area contributed by atoms with Crippen LogP contribution < -0.4 is 4.90 Å². The van der Waals surface area contributed by atoms with E-state index in [0.29, 0.717) is 12.4 Å². The largest absolute Gasteiger partial charge is 0.390 e. The van der Waals surface area contributed by atoms with Gasteiger partial charge in [-0.15, -0.1) is 24.2 Å². The van der Waals surface area contributed by atoms with Crippen LogP contribution in [0.2, 0.25) is 0 Å². The van der Waals surface area contributed by atoms with Gasteiger partial charge in [0.1, 0.15) is 5.82 Å². The Morgan fingerprint density at radius 1 is 1.06 bits per heavy atom. The lowest BCUT2D eigenvalue weighted by molar-refractivity contribution is -0.146. The molecular weight excluding hydrogens is 469 g/mol. The first-order chi connectivity index (χ1) is 14.4. The molecule has 4 rings (SSSR count). The summed E-state index contributed by atoms with van der Waals surface area (Å²) in [7, 11) is 0. The van der Waals surface area contributed by atoms with Crippen LogP contribution in [-0.2, 0) is 4.79 Å². The van der Waals surface area contributed by atoms with Gasteiger partial charge in [-0.1, -0.05) is 12.1 Å². The van der Waals surface area contributed by atoms with Crippen molar-refractivity contribution >= 4 is 57.5 Å². The summed E-state index contributed by atoms with van der Waals surface area (Å²) in [5.41, 5.74) is 0. The van der Waals surface area contributed by atoms with Crippen molar-refractivity contribution in [2.75, 3.05) is 50.0 Å². The number of halogens is 4. The molecule has 2 aromatic rings. The number of anilines is 1. The van der Waals surface area contributed by atoms with Crippen LogP contribution in [0.25, 0.3) is 10.1 Å². The third-order valence-electron chi connectivity index (χ3n) is 5.62. The summed E-state index contributed by atoms with van der Waals surface area (Å²) in [5.74, 6) is 1.09. The topological polar surface area (TPSA) is 39.7 Å². The molecule has 172 valence electrons. The monoisotopic (exact) mass is 494 g/mol. The van der Waals surface area contributed by atoms with E-state index in [1.807, 2.05) is 12.1 Å². The van der Waals surface area contributed by atoms with Gasteiger partial charge < -0.3 is 9.80 Å². The number of hydrogen-bond donors (Lipinski definition) is 0. The summed E-state index contributed by atoms with van der Waals surface area (Å²) in [5, 5.41) is 0.257. The summed E-state index contributed by atoms with van der Waals surface area (Å²) in [6.07, 6.45) is -3.54. The van der Waals surface area contributed by atoms with Crippen molar-refractivity contribution in [3.05, 3.63) is 24.3 Å². The van der Waals surface area contributed by atoms with Gasteiger partial charge in [-0.05, 0) is 43.1 Å². The van der Waals surface area contributed by atoms with E-state index in [9.17, 15) is 18.0 Å². The number of amides is 1. The molecule has 0 aliphatic carbocycles. The molecule has 2 aliphatic heterocycles. The van der Waals surface area contributed by atoms with Crippen molar-refractivity contribution in [2.45, 2.75) is 30.7 Å². The average Bonchev–Trinajstić information content (AvgIpc) is 3.29. The highest BCUT2D eigenvalue weighted by Gasteiger charge is 2.40. The summed E-state index contributed by atoms with van der Waals surface area (Å²) < 4.78 is 43.4. The van der Waals surface area contributed by atoms with Crippen molar-refractivity contribution in [2.24, 2.45) is 0 Å². The molecule has 0 saturated carbocycles. The molecule has 2 saturated heterocycles. The van der Waals surface area contributed by atoms with Gasteiger partial charge in [0.15, 0.2) is 0 Å². The van der Waals surface area contributed by atoms with E-state index in [1.54, 1.807) is 4.90 Å². The maximum atomic E-state index is 12.5. The first-order valence-corrected chi connectivity index (χ1v) is 12.0. The maximum Gasteiger partial charge on any atom is 0.390 e. The summed E-state index contributed by atoms with van der Waals surface area (Å²) >= 11 is 2.65. The fourth-order valence-electron chi connectivity index (χ4n) is 3.97. The van der Waals surface area contributed by atoms with Gasteiger partial charge in [-0.3, -0.25) is 9.69 Å². The van der Waals surface area contributed by atoms with Crippen LogP contribution in [0.1, 0.15) is 19.3 Å². The van der Waals surface area contributed by atoms with E-state index >= 15 is 0 Å². The number of aromatic nitrogens is 1. The van der Waals surface area contributed by atoms with E-state index in [-0.39, 0.29) is 18.3 Å². The number of carbonyl (C=O) groups is 1. The molecule has 0 bridgehead atoms. The van der Waals surface area contributed by atoms with Crippen LogP contribution in [0.4, 0.5) is 19.0 Å². The Morgan fingerprint density at radius 3 is 2.52 bits per heavy atom. The number of nitrogens with zero attached hydrogens (tertiary/aromatic N) is 4. The highest BCUT2D eigenvalue weighted by Crippen LogP contribution is 2.34. The quantitative estimate of drug-likeness (QED) is 0.531. The number of alkyl halides is 3. The van der Waals surface area contributed by atoms with E-state index in [1.165, 1.54) is 21.6 Å². The number of fused-ring (bicyclic) bond motifs is 1. The molecule has 31 heavy (non-hydrogen) atoms. The number of piperazine rings is 1. The molecule has 1 aromatic carbocycles. The molecule has 1 unspecified atom stereocenters.